The quantitative estimate of drug-likeness (QED) is 0.0261. The zero-order valence-electron chi connectivity index (χ0n) is 52.8. The zero-order chi connectivity index (χ0) is 57.8. The molecule has 0 fully saturated rings. The van der Waals surface area contributed by atoms with Gasteiger partial charge in [0.2, 0.25) is 0 Å². The van der Waals surface area contributed by atoms with Gasteiger partial charge in [-0.1, -0.05) is 298 Å². The molecule has 0 N–H and O–H groups in total. The molecule has 0 aromatic rings. The summed E-state index contributed by atoms with van der Waals surface area (Å²) >= 11 is 0. The first-order valence-electron chi connectivity index (χ1n) is 34.2. The second-order valence-electron chi connectivity index (χ2n) is 22.7. The molecular weight excluding hydrogens is 985 g/mol. The lowest BCUT2D eigenvalue weighted by atomic mass is 10.0. The molecule has 6 heteroatoms. The fraction of sp³-hybridized carbons (Fsp3) is 0.743. The normalized spacial score (nSPS) is 12.7. The van der Waals surface area contributed by atoms with Crippen molar-refractivity contribution in [2.45, 2.75) is 341 Å². The van der Waals surface area contributed by atoms with Crippen LogP contribution in [0, 0.1) is 0 Å². The van der Waals surface area contributed by atoms with E-state index in [1.165, 1.54) is 173 Å². The average molecular weight is 1110 g/mol. The molecule has 0 spiro atoms. The highest BCUT2D eigenvalue weighted by atomic mass is 16.6. The first-order chi connectivity index (χ1) is 39.5. The van der Waals surface area contributed by atoms with E-state index in [0.29, 0.717) is 19.3 Å². The highest BCUT2D eigenvalue weighted by Crippen LogP contribution is 2.17. The second kappa shape index (κ2) is 67.8. The lowest BCUT2D eigenvalue weighted by Crippen LogP contribution is -2.30. The number of allylic oxidation sites excluding steroid dienone is 16. The molecule has 460 valence electrons. The molecule has 1 unspecified atom stereocenters. The van der Waals surface area contributed by atoms with E-state index in [1.807, 2.05) is 0 Å². The summed E-state index contributed by atoms with van der Waals surface area (Å²) in [5.41, 5.74) is 0. The van der Waals surface area contributed by atoms with E-state index in [9.17, 15) is 14.4 Å². The summed E-state index contributed by atoms with van der Waals surface area (Å²) in [4.78, 5) is 38.2. The molecule has 0 bridgehead atoms. The van der Waals surface area contributed by atoms with Crippen LogP contribution >= 0.6 is 0 Å². The molecule has 0 radical (unpaired) electrons. The molecular formula is C74H128O6. The van der Waals surface area contributed by atoms with Crippen LogP contribution in [0.15, 0.2) is 97.2 Å². The molecule has 0 saturated carbocycles. The van der Waals surface area contributed by atoms with Gasteiger partial charge in [0.15, 0.2) is 6.10 Å². The van der Waals surface area contributed by atoms with Gasteiger partial charge in [-0.2, -0.15) is 0 Å². The zero-order valence-corrected chi connectivity index (χ0v) is 52.8. The van der Waals surface area contributed by atoms with E-state index < -0.39 is 6.10 Å². The second-order valence-corrected chi connectivity index (χ2v) is 22.7. The third kappa shape index (κ3) is 65.1. The van der Waals surface area contributed by atoms with Crippen molar-refractivity contribution in [3.63, 3.8) is 0 Å². The summed E-state index contributed by atoms with van der Waals surface area (Å²) in [6, 6.07) is 0. The SMILES string of the molecule is CC/C=C\C/C=C\C/C=C\C/C=C\C/C=C\CCCCCCCCCCCCCCCCCCCCCC(=O)OCC(COC(=O)CCCCCCC/C=C\CCCC)OC(=O)CCCCCCC/C=C\C/C=C\CCCCCC. The maximum absolute atomic E-state index is 12.9. The fourth-order valence-electron chi connectivity index (χ4n) is 9.66. The van der Waals surface area contributed by atoms with Crippen LogP contribution < -0.4 is 0 Å². The highest BCUT2D eigenvalue weighted by molar-refractivity contribution is 5.71. The van der Waals surface area contributed by atoms with Crippen LogP contribution in [0.1, 0.15) is 335 Å². The van der Waals surface area contributed by atoms with Gasteiger partial charge in [-0.05, 0) is 116 Å². The minimum absolute atomic E-state index is 0.0820. The molecule has 0 aliphatic heterocycles. The van der Waals surface area contributed by atoms with E-state index in [2.05, 4.69) is 118 Å². The first kappa shape index (κ1) is 76.3. The van der Waals surface area contributed by atoms with Crippen molar-refractivity contribution in [1.82, 2.24) is 0 Å². The van der Waals surface area contributed by atoms with Gasteiger partial charge in [0, 0.05) is 19.3 Å². The number of hydrogen-bond donors (Lipinski definition) is 0. The standard InChI is InChI=1S/C74H128O6/c1-4-7-10-13-16-19-22-24-26-28-29-30-31-32-33-34-35-36-37-38-39-40-41-42-43-44-45-46-48-49-52-55-58-61-64-67-73(76)79-70-71(69-78-72(75)66-63-60-57-54-51-21-18-15-12-9-6-3)80-74(77)68-65-62-59-56-53-50-47-27-25-23-20-17-14-11-8-5-2/h7,10,15-16,18-20,23-24,26-27,29-30,32-33,47,71H,4-6,8-9,11-14,17,21-22,25,28,31,34-46,48-70H2,1-3H3/b10-7-,18-15-,19-16-,23-20-,26-24-,30-29-,33-32-,47-27-. The lowest BCUT2D eigenvalue weighted by molar-refractivity contribution is -0.167. The molecule has 0 aliphatic carbocycles. The number of hydrogen-bond acceptors (Lipinski definition) is 6. The van der Waals surface area contributed by atoms with Crippen molar-refractivity contribution in [3.8, 4) is 0 Å². The third-order valence-electron chi connectivity index (χ3n) is 14.8. The van der Waals surface area contributed by atoms with Crippen LogP contribution in [-0.4, -0.2) is 37.2 Å². The number of esters is 3. The summed E-state index contributed by atoms with van der Waals surface area (Å²) in [5.74, 6) is -0.893. The van der Waals surface area contributed by atoms with Gasteiger partial charge in [-0.25, -0.2) is 0 Å². The van der Waals surface area contributed by atoms with E-state index in [1.54, 1.807) is 0 Å². The van der Waals surface area contributed by atoms with Crippen LogP contribution in [-0.2, 0) is 28.6 Å². The molecule has 0 aromatic heterocycles. The van der Waals surface area contributed by atoms with Crippen molar-refractivity contribution in [2.75, 3.05) is 13.2 Å². The summed E-state index contributed by atoms with van der Waals surface area (Å²) in [6.45, 7) is 6.48. The van der Waals surface area contributed by atoms with Gasteiger partial charge in [0.1, 0.15) is 13.2 Å². The lowest BCUT2D eigenvalue weighted by Gasteiger charge is -2.18. The van der Waals surface area contributed by atoms with Crippen LogP contribution in [0.2, 0.25) is 0 Å². The van der Waals surface area contributed by atoms with Crippen molar-refractivity contribution >= 4 is 17.9 Å². The monoisotopic (exact) mass is 1110 g/mol. The molecule has 1 atom stereocenters. The van der Waals surface area contributed by atoms with E-state index in [0.717, 1.165) is 122 Å². The Balaban J connectivity index is 4.10. The Labute approximate surface area is 496 Å². The summed E-state index contributed by atoms with van der Waals surface area (Å²) in [6.07, 6.45) is 91.6. The Hall–Kier alpha value is -3.67. The summed E-state index contributed by atoms with van der Waals surface area (Å²) in [5, 5.41) is 0. The molecule has 0 amide bonds. The van der Waals surface area contributed by atoms with Gasteiger partial charge in [0.25, 0.3) is 0 Å². The Morgan fingerprint density at radius 3 is 0.812 bits per heavy atom. The Kier molecular flexibility index (Phi) is 64.7. The predicted octanol–water partition coefficient (Wildman–Crippen LogP) is 23.6. The molecule has 0 rings (SSSR count). The Morgan fingerprint density at radius 1 is 0.263 bits per heavy atom. The minimum Gasteiger partial charge on any atom is -0.462 e. The van der Waals surface area contributed by atoms with Gasteiger partial charge in [0.05, 0.1) is 0 Å². The number of unbranched alkanes of at least 4 members (excludes halogenated alkanes) is 35. The maximum atomic E-state index is 12.9. The van der Waals surface area contributed by atoms with Crippen molar-refractivity contribution in [3.05, 3.63) is 97.2 Å². The average Bonchev–Trinajstić information content (AvgIpc) is 3.46. The molecule has 80 heavy (non-hydrogen) atoms. The predicted molar refractivity (Wildman–Crippen MR) is 348 cm³/mol. The Morgan fingerprint density at radius 2 is 0.500 bits per heavy atom. The van der Waals surface area contributed by atoms with Crippen LogP contribution in [0.4, 0.5) is 0 Å². The van der Waals surface area contributed by atoms with E-state index in [4.69, 9.17) is 14.2 Å². The van der Waals surface area contributed by atoms with Gasteiger partial charge in [-0.3, -0.25) is 14.4 Å². The minimum atomic E-state index is -0.786. The van der Waals surface area contributed by atoms with Crippen LogP contribution in [0.3, 0.4) is 0 Å². The fourth-order valence-corrected chi connectivity index (χ4v) is 9.66. The van der Waals surface area contributed by atoms with Gasteiger partial charge >= 0.3 is 17.9 Å². The summed E-state index contributed by atoms with van der Waals surface area (Å²) < 4.78 is 16.9. The van der Waals surface area contributed by atoms with Gasteiger partial charge in [-0.15, -0.1) is 0 Å². The maximum Gasteiger partial charge on any atom is 0.306 e. The van der Waals surface area contributed by atoms with E-state index in [-0.39, 0.29) is 31.1 Å². The number of carbonyl (C=O) groups excluding carboxylic acids is 3. The smallest absolute Gasteiger partial charge is 0.306 e. The molecule has 6 nitrogen and oxygen atoms in total. The molecule has 0 aromatic carbocycles. The highest BCUT2D eigenvalue weighted by Gasteiger charge is 2.19. The number of rotatable bonds is 62. The van der Waals surface area contributed by atoms with E-state index >= 15 is 0 Å². The molecule has 0 saturated heterocycles. The number of carbonyl (C=O) groups is 3. The first-order valence-corrected chi connectivity index (χ1v) is 34.2. The molecule has 0 heterocycles. The van der Waals surface area contributed by atoms with Crippen molar-refractivity contribution in [2.24, 2.45) is 0 Å². The number of ether oxygens (including phenoxy) is 3. The van der Waals surface area contributed by atoms with Crippen molar-refractivity contribution in [1.29, 1.82) is 0 Å². The Bertz CT molecular complexity index is 1560. The van der Waals surface area contributed by atoms with Crippen molar-refractivity contribution < 1.29 is 28.6 Å². The molecule has 0 aliphatic rings. The summed E-state index contributed by atoms with van der Waals surface area (Å²) in [7, 11) is 0. The topological polar surface area (TPSA) is 78.9 Å². The largest absolute Gasteiger partial charge is 0.462 e. The van der Waals surface area contributed by atoms with Crippen LogP contribution in [0.5, 0.6) is 0 Å². The van der Waals surface area contributed by atoms with Gasteiger partial charge < -0.3 is 14.2 Å². The third-order valence-corrected chi connectivity index (χ3v) is 14.8. The van der Waals surface area contributed by atoms with Crippen LogP contribution in [0.25, 0.3) is 0 Å².